The number of nitrogens with zero attached hydrogens (tertiary/aromatic N) is 4. The monoisotopic (exact) mass is 359 g/mol. The van der Waals surface area contributed by atoms with Crippen molar-refractivity contribution >= 4 is 16.3 Å². The summed E-state index contributed by atoms with van der Waals surface area (Å²) in [6.45, 7) is 6.20. The van der Waals surface area contributed by atoms with E-state index >= 15 is 0 Å². The molecule has 1 atom stereocenters. The van der Waals surface area contributed by atoms with E-state index in [4.69, 9.17) is 4.74 Å². The minimum atomic E-state index is -3.54. The zero-order chi connectivity index (χ0) is 17.6. The van der Waals surface area contributed by atoms with Gasteiger partial charge in [-0.25, -0.2) is 9.52 Å². The SMILES string of the molecule is CCOC(=O)N1CCN(S(=O)(=O)NCC(C)Cn2cccn2)CC1. The van der Waals surface area contributed by atoms with Crippen LogP contribution in [0.4, 0.5) is 4.79 Å². The predicted molar refractivity (Wildman–Crippen MR) is 88.5 cm³/mol. The number of piperazine rings is 1. The van der Waals surface area contributed by atoms with Gasteiger partial charge in [0.2, 0.25) is 0 Å². The second-order valence-corrected chi connectivity index (χ2v) is 7.53. The predicted octanol–water partition coefficient (Wildman–Crippen LogP) is 0.128. The van der Waals surface area contributed by atoms with E-state index in [0.717, 1.165) is 0 Å². The fourth-order valence-corrected chi connectivity index (χ4v) is 3.78. The first kappa shape index (κ1) is 18.7. The molecule has 1 aliphatic rings. The first-order valence-electron chi connectivity index (χ1n) is 8.06. The summed E-state index contributed by atoms with van der Waals surface area (Å²) in [5.41, 5.74) is 0. The van der Waals surface area contributed by atoms with Crippen LogP contribution in [0.15, 0.2) is 18.5 Å². The van der Waals surface area contributed by atoms with Crippen molar-refractivity contribution in [1.29, 1.82) is 0 Å². The van der Waals surface area contributed by atoms with E-state index in [-0.39, 0.29) is 19.0 Å². The van der Waals surface area contributed by atoms with Gasteiger partial charge in [0.05, 0.1) is 6.61 Å². The van der Waals surface area contributed by atoms with Crippen LogP contribution >= 0.6 is 0 Å². The summed E-state index contributed by atoms with van der Waals surface area (Å²) in [7, 11) is -3.54. The minimum Gasteiger partial charge on any atom is -0.450 e. The molecule has 10 heteroatoms. The van der Waals surface area contributed by atoms with Gasteiger partial charge in [-0.05, 0) is 18.9 Å². The van der Waals surface area contributed by atoms with Crippen LogP contribution in [0.25, 0.3) is 0 Å². The summed E-state index contributed by atoms with van der Waals surface area (Å²) in [6.07, 6.45) is 3.15. The van der Waals surface area contributed by atoms with Crippen LogP contribution in [-0.4, -0.2) is 72.8 Å². The van der Waals surface area contributed by atoms with Gasteiger partial charge in [0.15, 0.2) is 0 Å². The molecule has 0 radical (unpaired) electrons. The fourth-order valence-electron chi connectivity index (χ4n) is 2.46. The first-order valence-corrected chi connectivity index (χ1v) is 9.50. The third kappa shape index (κ3) is 5.18. The largest absolute Gasteiger partial charge is 0.450 e. The smallest absolute Gasteiger partial charge is 0.409 e. The van der Waals surface area contributed by atoms with Crippen LogP contribution in [0.1, 0.15) is 13.8 Å². The Labute approximate surface area is 142 Å². The van der Waals surface area contributed by atoms with Crippen LogP contribution < -0.4 is 4.72 Å². The third-order valence-electron chi connectivity index (χ3n) is 3.78. The maximum absolute atomic E-state index is 12.4. The number of nitrogens with one attached hydrogen (secondary N) is 1. The molecule has 0 aliphatic carbocycles. The Morgan fingerprint density at radius 2 is 2.04 bits per heavy atom. The van der Waals surface area contributed by atoms with Crippen molar-refractivity contribution < 1.29 is 17.9 Å². The molecule has 1 fully saturated rings. The molecule has 24 heavy (non-hydrogen) atoms. The zero-order valence-electron chi connectivity index (χ0n) is 14.1. The average molecular weight is 359 g/mol. The minimum absolute atomic E-state index is 0.112. The van der Waals surface area contributed by atoms with Crippen LogP contribution in [0.3, 0.4) is 0 Å². The molecule has 2 heterocycles. The summed E-state index contributed by atoms with van der Waals surface area (Å²) in [5.74, 6) is 0.112. The van der Waals surface area contributed by atoms with E-state index in [1.807, 2.05) is 19.2 Å². The maximum atomic E-state index is 12.4. The molecule has 0 aromatic carbocycles. The second-order valence-electron chi connectivity index (χ2n) is 5.77. The van der Waals surface area contributed by atoms with Gasteiger partial charge in [0.25, 0.3) is 10.2 Å². The van der Waals surface area contributed by atoms with E-state index in [1.165, 1.54) is 9.21 Å². The van der Waals surface area contributed by atoms with Crippen LogP contribution in [-0.2, 0) is 21.5 Å². The Morgan fingerprint density at radius 1 is 1.33 bits per heavy atom. The van der Waals surface area contributed by atoms with Crippen LogP contribution in [0, 0.1) is 5.92 Å². The third-order valence-corrected chi connectivity index (χ3v) is 5.35. The van der Waals surface area contributed by atoms with Crippen molar-refractivity contribution in [3.05, 3.63) is 18.5 Å². The molecule has 1 saturated heterocycles. The van der Waals surface area contributed by atoms with Crippen molar-refractivity contribution in [3.63, 3.8) is 0 Å². The number of amides is 1. The highest BCUT2D eigenvalue weighted by Gasteiger charge is 2.29. The molecule has 0 saturated carbocycles. The Bertz CT molecular complexity index is 611. The lowest BCUT2D eigenvalue weighted by molar-refractivity contribution is 0.0932. The molecular weight excluding hydrogens is 334 g/mol. The van der Waals surface area contributed by atoms with Crippen molar-refractivity contribution in [2.24, 2.45) is 5.92 Å². The molecule has 136 valence electrons. The fraction of sp³-hybridized carbons (Fsp3) is 0.714. The van der Waals surface area contributed by atoms with Gasteiger partial charge in [-0.2, -0.15) is 17.8 Å². The summed E-state index contributed by atoms with van der Waals surface area (Å²) in [4.78, 5) is 13.2. The first-order chi connectivity index (χ1) is 11.4. The molecule has 1 aromatic heterocycles. The Morgan fingerprint density at radius 3 is 2.62 bits per heavy atom. The van der Waals surface area contributed by atoms with Crippen molar-refractivity contribution in [2.45, 2.75) is 20.4 Å². The highest BCUT2D eigenvalue weighted by Crippen LogP contribution is 2.08. The van der Waals surface area contributed by atoms with Gasteiger partial charge in [0, 0.05) is 51.7 Å². The molecule has 0 spiro atoms. The normalized spacial score (nSPS) is 17.7. The number of ether oxygens (including phenoxy) is 1. The lowest BCUT2D eigenvalue weighted by atomic mass is 10.2. The molecule has 1 N–H and O–H groups in total. The number of rotatable bonds is 7. The van der Waals surface area contributed by atoms with Gasteiger partial charge in [-0.15, -0.1) is 0 Å². The van der Waals surface area contributed by atoms with Crippen molar-refractivity contribution in [1.82, 2.24) is 23.7 Å². The number of carbonyl (C=O) groups is 1. The van der Waals surface area contributed by atoms with Gasteiger partial charge in [-0.1, -0.05) is 6.92 Å². The Hall–Kier alpha value is -1.65. The summed E-state index contributed by atoms with van der Waals surface area (Å²) >= 11 is 0. The van der Waals surface area contributed by atoms with E-state index < -0.39 is 16.3 Å². The van der Waals surface area contributed by atoms with E-state index in [0.29, 0.717) is 32.8 Å². The van der Waals surface area contributed by atoms with Crippen LogP contribution in [0.2, 0.25) is 0 Å². The molecule has 1 aliphatic heterocycles. The number of aromatic nitrogens is 2. The summed E-state index contributed by atoms with van der Waals surface area (Å²) < 4.78 is 35.4. The number of carbonyl (C=O) groups excluding carboxylic acids is 1. The van der Waals surface area contributed by atoms with Crippen molar-refractivity contribution in [3.8, 4) is 0 Å². The highest BCUT2D eigenvalue weighted by molar-refractivity contribution is 7.87. The standard InChI is InChI=1S/C14H25N5O4S/c1-3-23-14(20)17-7-9-19(10-8-17)24(21,22)16-11-13(2)12-18-6-4-5-15-18/h4-6,13,16H,3,7-12H2,1-2H3. The van der Waals surface area contributed by atoms with Crippen molar-refractivity contribution in [2.75, 3.05) is 39.3 Å². The lowest BCUT2D eigenvalue weighted by Gasteiger charge is -2.33. The zero-order valence-corrected chi connectivity index (χ0v) is 14.9. The topological polar surface area (TPSA) is 96.8 Å². The quantitative estimate of drug-likeness (QED) is 0.746. The lowest BCUT2D eigenvalue weighted by Crippen LogP contribution is -2.53. The summed E-state index contributed by atoms with van der Waals surface area (Å²) in [6, 6.07) is 1.83. The molecule has 1 aromatic rings. The van der Waals surface area contributed by atoms with Gasteiger partial charge >= 0.3 is 6.09 Å². The Balaban J connectivity index is 1.78. The Kier molecular flexibility index (Phi) is 6.58. The highest BCUT2D eigenvalue weighted by atomic mass is 32.2. The molecule has 1 unspecified atom stereocenters. The van der Waals surface area contributed by atoms with Crippen LogP contribution in [0.5, 0.6) is 0 Å². The van der Waals surface area contributed by atoms with Gasteiger partial charge < -0.3 is 9.64 Å². The summed E-state index contributed by atoms with van der Waals surface area (Å²) in [5, 5.41) is 4.11. The van der Waals surface area contributed by atoms with E-state index in [9.17, 15) is 13.2 Å². The second kappa shape index (κ2) is 8.45. The maximum Gasteiger partial charge on any atom is 0.409 e. The molecular formula is C14H25N5O4S. The molecule has 1 amide bonds. The molecule has 0 bridgehead atoms. The van der Waals surface area contributed by atoms with E-state index in [2.05, 4.69) is 9.82 Å². The number of hydrogen-bond acceptors (Lipinski definition) is 5. The molecule has 2 rings (SSSR count). The van der Waals surface area contributed by atoms with E-state index in [1.54, 1.807) is 17.8 Å². The van der Waals surface area contributed by atoms with Gasteiger partial charge in [-0.3, -0.25) is 4.68 Å². The number of hydrogen-bond donors (Lipinski definition) is 1. The van der Waals surface area contributed by atoms with Gasteiger partial charge in [0.1, 0.15) is 0 Å². The molecule has 9 nitrogen and oxygen atoms in total. The average Bonchev–Trinajstić information content (AvgIpc) is 3.06.